The van der Waals surface area contributed by atoms with Crippen LogP contribution in [0, 0.1) is 10.1 Å². The Kier molecular flexibility index (Phi) is 4.82. The van der Waals surface area contributed by atoms with E-state index >= 15 is 0 Å². The molecule has 1 heterocycles. The molecular formula is C21H15N3O3S. The second-order valence-electron chi connectivity index (χ2n) is 6.21. The minimum Gasteiger partial charge on any atom is -0.322 e. The zero-order chi connectivity index (χ0) is 19.5. The molecule has 6 nitrogen and oxygen atoms in total. The number of carbonyl (C=O) groups is 1. The van der Waals surface area contributed by atoms with E-state index in [1.807, 2.05) is 42.5 Å². The number of para-hydroxylation sites is 1. The number of amides is 1. The SMILES string of the molecule is O=C(Nc1ccc(Cc2nc3ccccc3s2)cc1)c1cccc([N+](=O)[O-])c1. The molecule has 0 atom stereocenters. The number of hydrogen-bond acceptors (Lipinski definition) is 5. The number of nitrogens with zero attached hydrogens (tertiary/aromatic N) is 2. The Morgan fingerprint density at radius 2 is 1.82 bits per heavy atom. The molecule has 0 aliphatic rings. The van der Waals surface area contributed by atoms with Gasteiger partial charge in [-0.15, -0.1) is 11.3 Å². The monoisotopic (exact) mass is 389 g/mol. The Labute approximate surface area is 164 Å². The first-order valence-corrected chi connectivity index (χ1v) is 9.39. The number of rotatable bonds is 5. The predicted octanol–water partition coefficient (Wildman–Crippen LogP) is 5.05. The summed E-state index contributed by atoms with van der Waals surface area (Å²) in [5.74, 6) is -0.386. The van der Waals surface area contributed by atoms with E-state index in [9.17, 15) is 14.9 Å². The molecule has 0 unspecified atom stereocenters. The maximum Gasteiger partial charge on any atom is 0.270 e. The van der Waals surface area contributed by atoms with Crippen molar-refractivity contribution in [1.82, 2.24) is 4.98 Å². The average Bonchev–Trinajstić information content (AvgIpc) is 3.12. The van der Waals surface area contributed by atoms with Crippen LogP contribution in [-0.4, -0.2) is 15.8 Å². The highest BCUT2D eigenvalue weighted by Gasteiger charge is 2.12. The molecule has 7 heteroatoms. The number of aromatic nitrogens is 1. The second kappa shape index (κ2) is 7.58. The van der Waals surface area contributed by atoms with Crippen molar-refractivity contribution in [2.24, 2.45) is 0 Å². The van der Waals surface area contributed by atoms with E-state index in [0.29, 0.717) is 5.69 Å². The van der Waals surface area contributed by atoms with Crippen LogP contribution in [0.25, 0.3) is 10.2 Å². The van der Waals surface area contributed by atoms with Crippen LogP contribution < -0.4 is 5.32 Å². The Morgan fingerprint density at radius 3 is 2.57 bits per heavy atom. The van der Waals surface area contributed by atoms with Gasteiger partial charge in [0.05, 0.1) is 20.1 Å². The summed E-state index contributed by atoms with van der Waals surface area (Å²) >= 11 is 1.67. The number of non-ortho nitro benzene ring substituents is 1. The molecule has 1 N–H and O–H groups in total. The molecule has 0 saturated carbocycles. The highest BCUT2D eigenvalue weighted by Crippen LogP contribution is 2.24. The van der Waals surface area contributed by atoms with Gasteiger partial charge in [-0.25, -0.2) is 4.98 Å². The minimum absolute atomic E-state index is 0.112. The molecule has 0 spiro atoms. The van der Waals surface area contributed by atoms with Crippen LogP contribution in [0.1, 0.15) is 20.9 Å². The quantitative estimate of drug-likeness (QED) is 0.382. The smallest absolute Gasteiger partial charge is 0.270 e. The van der Waals surface area contributed by atoms with E-state index in [2.05, 4.69) is 16.4 Å². The lowest BCUT2D eigenvalue weighted by Crippen LogP contribution is -2.12. The summed E-state index contributed by atoms with van der Waals surface area (Å²) in [6.45, 7) is 0. The van der Waals surface area contributed by atoms with E-state index in [1.165, 1.54) is 22.9 Å². The van der Waals surface area contributed by atoms with Gasteiger partial charge in [0.1, 0.15) is 0 Å². The van der Waals surface area contributed by atoms with Crippen molar-refractivity contribution in [3.05, 3.63) is 99.0 Å². The van der Waals surface area contributed by atoms with E-state index in [4.69, 9.17) is 0 Å². The fraction of sp³-hybridized carbons (Fsp3) is 0.0476. The topological polar surface area (TPSA) is 85.1 Å². The predicted molar refractivity (Wildman–Crippen MR) is 110 cm³/mol. The fourth-order valence-corrected chi connectivity index (χ4v) is 3.84. The molecule has 0 aliphatic carbocycles. The molecular weight excluding hydrogens is 374 g/mol. The molecule has 0 saturated heterocycles. The largest absolute Gasteiger partial charge is 0.322 e. The molecule has 138 valence electrons. The molecule has 0 fully saturated rings. The Morgan fingerprint density at radius 1 is 1.04 bits per heavy atom. The highest BCUT2D eigenvalue weighted by atomic mass is 32.1. The summed E-state index contributed by atoms with van der Waals surface area (Å²) < 4.78 is 1.17. The first kappa shape index (κ1) is 17.8. The Balaban J connectivity index is 1.45. The number of carbonyl (C=O) groups excluding carboxylic acids is 1. The standard InChI is InChI=1S/C21H15N3O3S/c25-21(15-4-3-5-17(13-15)24(26)27)22-16-10-8-14(9-11-16)12-20-23-18-6-1-2-7-19(18)28-20/h1-11,13H,12H2,(H,22,25). The van der Waals surface area contributed by atoms with Crippen LogP contribution in [0.3, 0.4) is 0 Å². The lowest BCUT2D eigenvalue weighted by molar-refractivity contribution is -0.384. The third-order valence-electron chi connectivity index (χ3n) is 4.22. The number of anilines is 1. The Hall–Kier alpha value is -3.58. The van der Waals surface area contributed by atoms with E-state index < -0.39 is 4.92 Å². The van der Waals surface area contributed by atoms with Gasteiger partial charge < -0.3 is 5.32 Å². The summed E-state index contributed by atoms with van der Waals surface area (Å²) in [5.41, 5.74) is 2.85. The summed E-state index contributed by atoms with van der Waals surface area (Å²) in [6, 6.07) is 21.2. The molecule has 3 aromatic carbocycles. The van der Waals surface area contributed by atoms with Crippen molar-refractivity contribution in [2.75, 3.05) is 5.32 Å². The van der Waals surface area contributed by atoms with Gasteiger partial charge in [-0.3, -0.25) is 14.9 Å². The summed E-state index contributed by atoms with van der Waals surface area (Å²) in [5, 5.41) is 14.6. The van der Waals surface area contributed by atoms with Crippen LogP contribution in [0.2, 0.25) is 0 Å². The van der Waals surface area contributed by atoms with Crippen molar-refractivity contribution in [1.29, 1.82) is 0 Å². The molecule has 1 aromatic heterocycles. The summed E-state index contributed by atoms with van der Waals surface area (Å²) in [7, 11) is 0. The van der Waals surface area contributed by atoms with Crippen molar-refractivity contribution in [2.45, 2.75) is 6.42 Å². The van der Waals surface area contributed by atoms with Gasteiger partial charge in [-0.1, -0.05) is 30.3 Å². The van der Waals surface area contributed by atoms with Crippen molar-refractivity contribution in [3.63, 3.8) is 0 Å². The first-order valence-electron chi connectivity index (χ1n) is 8.58. The normalized spacial score (nSPS) is 10.7. The van der Waals surface area contributed by atoms with Gasteiger partial charge in [-0.05, 0) is 35.9 Å². The number of thiazole rings is 1. The third kappa shape index (κ3) is 3.89. The lowest BCUT2D eigenvalue weighted by Gasteiger charge is -2.06. The molecule has 4 rings (SSSR count). The van der Waals surface area contributed by atoms with E-state index in [1.54, 1.807) is 17.4 Å². The number of nitro benzene ring substituents is 1. The molecule has 1 amide bonds. The van der Waals surface area contributed by atoms with Gasteiger partial charge >= 0.3 is 0 Å². The van der Waals surface area contributed by atoms with Gasteiger partial charge in [-0.2, -0.15) is 0 Å². The number of benzene rings is 3. The maximum atomic E-state index is 12.3. The number of fused-ring (bicyclic) bond motifs is 1. The zero-order valence-electron chi connectivity index (χ0n) is 14.7. The third-order valence-corrected chi connectivity index (χ3v) is 5.26. The molecule has 0 aliphatic heterocycles. The second-order valence-corrected chi connectivity index (χ2v) is 7.33. The molecule has 0 radical (unpaired) electrons. The van der Waals surface area contributed by atoms with Crippen LogP contribution in [0.4, 0.5) is 11.4 Å². The summed E-state index contributed by atoms with van der Waals surface area (Å²) in [6.07, 6.45) is 0.721. The number of nitro groups is 1. The van der Waals surface area contributed by atoms with Crippen molar-refractivity contribution < 1.29 is 9.72 Å². The van der Waals surface area contributed by atoms with Crippen molar-refractivity contribution >= 4 is 38.8 Å². The van der Waals surface area contributed by atoms with E-state index in [0.717, 1.165) is 22.5 Å². The van der Waals surface area contributed by atoms with Crippen molar-refractivity contribution in [3.8, 4) is 0 Å². The Bertz CT molecular complexity index is 1140. The van der Waals surface area contributed by atoms with Gasteiger partial charge in [0.2, 0.25) is 0 Å². The van der Waals surface area contributed by atoms with E-state index in [-0.39, 0.29) is 17.2 Å². The molecule has 4 aromatic rings. The zero-order valence-corrected chi connectivity index (χ0v) is 15.5. The van der Waals surface area contributed by atoms with Crippen LogP contribution in [0.15, 0.2) is 72.8 Å². The number of nitrogens with one attached hydrogen (secondary N) is 1. The average molecular weight is 389 g/mol. The van der Waals surface area contributed by atoms with Crippen LogP contribution in [0.5, 0.6) is 0 Å². The summed E-state index contributed by atoms with van der Waals surface area (Å²) in [4.78, 5) is 27.3. The fourth-order valence-electron chi connectivity index (χ4n) is 2.84. The first-order chi connectivity index (χ1) is 13.6. The minimum atomic E-state index is -0.520. The number of hydrogen-bond donors (Lipinski definition) is 1. The van der Waals surface area contributed by atoms with Gasteiger partial charge in [0.25, 0.3) is 11.6 Å². The lowest BCUT2D eigenvalue weighted by atomic mass is 10.1. The molecule has 28 heavy (non-hydrogen) atoms. The van der Waals surface area contributed by atoms with Crippen LogP contribution >= 0.6 is 11.3 Å². The molecule has 0 bridgehead atoms. The van der Waals surface area contributed by atoms with Gasteiger partial charge in [0.15, 0.2) is 0 Å². The van der Waals surface area contributed by atoms with Gasteiger partial charge in [0, 0.05) is 29.8 Å². The maximum absolute atomic E-state index is 12.3. The van der Waals surface area contributed by atoms with Crippen LogP contribution in [-0.2, 0) is 6.42 Å². The highest BCUT2D eigenvalue weighted by molar-refractivity contribution is 7.18.